The maximum Gasteiger partial charge on any atom is 0.309 e. The summed E-state index contributed by atoms with van der Waals surface area (Å²) in [6.45, 7) is 5.80. The van der Waals surface area contributed by atoms with Gasteiger partial charge in [0, 0.05) is 0 Å². The minimum Gasteiger partial charge on any atom is -0.481 e. The molecule has 0 saturated heterocycles. The Morgan fingerprint density at radius 3 is 2.38 bits per heavy atom. The van der Waals surface area contributed by atoms with Crippen LogP contribution < -0.4 is 0 Å². The van der Waals surface area contributed by atoms with Gasteiger partial charge < -0.3 is 5.11 Å². The lowest BCUT2D eigenvalue weighted by Gasteiger charge is -1.93. The highest BCUT2D eigenvalue weighted by Gasteiger charge is 2.00. The molecule has 72 valence electrons. The fraction of sp³-hybridized carbons (Fsp3) is 0.444. The first-order chi connectivity index (χ1) is 6.18. The number of hydrogen-bond acceptors (Lipinski definition) is 3. The van der Waals surface area contributed by atoms with Crippen LogP contribution in [0.2, 0.25) is 0 Å². The van der Waals surface area contributed by atoms with E-state index in [2.05, 4.69) is 10.2 Å². The zero-order chi connectivity index (χ0) is 10.3. The topological polar surface area (TPSA) is 63.1 Å². The Morgan fingerprint density at radius 2 is 2.00 bits per heavy atom. The third kappa shape index (κ3) is 4.90. The minimum atomic E-state index is -0.886. The predicted molar refractivity (Wildman–Crippen MR) is 49.5 cm³/mol. The van der Waals surface area contributed by atoms with Crippen molar-refractivity contribution < 1.29 is 9.90 Å². The molecule has 1 aromatic heterocycles. The number of hydrogen-bond donors (Lipinski definition) is 1. The van der Waals surface area contributed by atoms with Crippen LogP contribution in [-0.4, -0.2) is 21.3 Å². The second-order valence-electron chi connectivity index (χ2n) is 2.24. The van der Waals surface area contributed by atoms with Crippen molar-refractivity contribution in [3.63, 3.8) is 0 Å². The summed E-state index contributed by atoms with van der Waals surface area (Å²) in [6, 6.07) is 3.40. The smallest absolute Gasteiger partial charge is 0.309 e. The molecule has 13 heavy (non-hydrogen) atoms. The number of carboxylic acids is 1. The fourth-order valence-corrected chi connectivity index (χ4v) is 0.676. The number of aryl methyl sites for hydroxylation is 1. The van der Waals surface area contributed by atoms with Gasteiger partial charge in [-0.2, -0.15) is 10.2 Å². The van der Waals surface area contributed by atoms with E-state index in [-0.39, 0.29) is 6.42 Å². The summed E-state index contributed by atoms with van der Waals surface area (Å²) < 4.78 is 0. The van der Waals surface area contributed by atoms with Crippen molar-refractivity contribution in [3.8, 4) is 0 Å². The molecule has 0 atom stereocenters. The molecule has 0 bridgehead atoms. The molecule has 0 aliphatic heterocycles. The Balaban J connectivity index is 0.000000671. The van der Waals surface area contributed by atoms with Gasteiger partial charge in [-0.3, -0.25) is 4.79 Å². The SMILES string of the molecule is CC.Cc1ccc(CC(=O)O)nn1. The normalized spacial score (nSPS) is 8.54. The standard InChI is InChI=1S/C7H8N2O2.C2H6/c1-5-2-3-6(9-8-5)4-7(10)11;1-2/h2-3H,4H2,1H3,(H,10,11);1-2H3. The molecule has 0 aliphatic rings. The Hall–Kier alpha value is -1.45. The molecule has 0 unspecified atom stereocenters. The van der Waals surface area contributed by atoms with Crippen molar-refractivity contribution in [3.05, 3.63) is 23.5 Å². The molecule has 0 aromatic carbocycles. The first-order valence-corrected chi connectivity index (χ1v) is 4.19. The second-order valence-corrected chi connectivity index (χ2v) is 2.24. The van der Waals surface area contributed by atoms with E-state index in [1.165, 1.54) is 0 Å². The van der Waals surface area contributed by atoms with E-state index in [1.807, 2.05) is 13.8 Å². The van der Waals surface area contributed by atoms with Crippen LogP contribution in [0.3, 0.4) is 0 Å². The number of aromatic nitrogens is 2. The molecule has 0 amide bonds. The maximum absolute atomic E-state index is 10.2. The molecule has 1 heterocycles. The number of rotatable bonds is 2. The van der Waals surface area contributed by atoms with Crippen LogP contribution in [0.5, 0.6) is 0 Å². The van der Waals surface area contributed by atoms with Crippen LogP contribution >= 0.6 is 0 Å². The fourth-order valence-electron chi connectivity index (χ4n) is 0.676. The summed E-state index contributed by atoms with van der Waals surface area (Å²) in [7, 11) is 0. The highest BCUT2D eigenvalue weighted by atomic mass is 16.4. The van der Waals surface area contributed by atoms with Crippen LogP contribution in [0, 0.1) is 6.92 Å². The molecule has 1 N–H and O–H groups in total. The van der Waals surface area contributed by atoms with Gasteiger partial charge in [0.15, 0.2) is 0 Å². The molecule has 4 nitrogen and oxygen atoms in total. The Bertz CT molecular complexity index is 257. The van der Waals surface area contributed by atoms with Crippen LogP contribution in [0.15, 0.2) is 12.1 Å². The average molecular weight is 182 g/mol. The minimum absolute atomic E-state index is 0.0622. The van der Waals surface area contributed by atoms with Gasteiger partial charge in [-0.05, 0) is 19.1 Å². The quantitative estimate of drug-likeness (QED) is 0.751. The van der Waals surface area contributed by atoms with Gasteiger partial charge in [-0.1, -0.05) is 13.8 Å². The van der Waals surface area contributed by atoms with E-state index in [0.29, 0.717) is 5.69 Å². The number of carboxylic acid groups (broad SMARTS) is 1. The molecular formula is C9H14N2O2. The summed E-state index contributed by atoms with van der Waals surface area (Å²) in [5.41, 5.74) is 1.28. The molecule has 0 saturated carbocycles. The van der Waals surface area contributed by atoms with Crippen LogP contribution in [0.1, 0.15) is 25.2 Å². The van der Waals surface area contributed by atoms with Gasteiger partial charge in [0.05, 0.1) is 17.8 Å². The van der Waals surface area contributed by atoms with Crippen LogP contribution in [0.25, 0.3) is 0 Å². The highest BCUT2D eigenvalue weighted by molar-refractivity contribution is 5.69. The number of nitrogens with zero attached hydrogens (tertiary/aromatic N) is 2. The first kappa shape index (κ1) is 11.6. The Labute approximate surface area is 77.6 Å². The van der Waals surface area contributed by atoms with E-state index in [0.717, 1.165) is 5.69 Å². The summed E-state index contributed by atoms with van der Waals surface area (Å²) in [4.78, 5) is 10.2. The van der Waals surface area contributed by atoms with Crippen molar-refractivity contribution >= 4 is 5.97 Å². The van der Waals surface area contributed by atoms with Crippen molar-refractivity contribution in [2.75, 3.05) is 0 Å². The zero-order valence-corrected chi connectivity index (χ0v) is 8.11. The van der Waals surface area contributed by atoms with E-state index in [4.69, 9.17) is 5.11 Å². The molecule has 1 aromatic rings. The van der Waals surface area contributed by atoms with Crippen molar-refractivity contribution in [1.29, 1.82) is 0 Å². The number of aliphatic carboxylic acids is 1. The maximum atomic E-state index is 10.2. The lowest BCUT2D eigenvalue weighted by Crippen LogP contribution is -2.03. The van der Waals surface area contributed by atoms with Crippen molar-refractivity contribution in [2.24, 2.45) is 0 Å². The lowest BCUT2D eigenvalue weighted by atomic mass is 10.3. The van der Waals surface area contributed by atoms with Gasteiger partial charge in [0.2, 0.25) is 0 Å². The molecule has 0 fully saturated rings. The van der Waals surface area contributed by atoms with Gasteiger partial charge in [0.25, 0.3) is 0 Å². The van der Waals surface area contributed by atoms with E-state index < -0.39 is 5.97 Å². The monoisotopic (exact) mass is 182 g/mol. The molecule has 4 heteroatoms. The lowest BCUT2D eigenvalue weighted by molar-refractivity contribution is -0.136. The van der Waals surface area contributed by atoms with Crippen LogP contribution in [0.4, 0.5) is 0 Å². The van der Waals surface area contributed by atoms with Crippen molar-refractivity contribution in [2.45, 2.75) is 27.2 Å². The first-order valence-electron chi connectivity index (χ1n) is 4.19. The predicted octanol–water partition coefficient (Wildman–Crippen LogP) is 1.44. The molecule has 0 radical (unpaired) electrons. The molecule has 1 rings (SSSR count). The van der Waals surface area contributed by atoms with E-state index in [1.54, 1.807) is 19.1 Å². The van der Waals surface area contributed by atoms with E-state index in [9.17, 15) is 4.79 Å². The summed E-state index contributed by atoms with van der Waals surface area (Å²) in [5, 5.41) is 15.8. The van der Waals surface area contributed by atoms with Crippen molar-refractivity contribution in [1.82, 2.24) is 10.2 Å². The summed E-state index contributed by atoms with van der Waals surface area (Å²) in [5.74, 6) is -0.886. The summed E-state index contributed by atoms with van der Waals surface area (Å²) >= 11 is 0. The third-order valence-electron chi connectivity index (χ3n) is 1.19. The molecule has 0 spiro atoms. The van der Waals surface area contributed by atoms with Gasteiger partial charge in [-0.25, -0.2) is 0 Å². The largest absolute Gasteiger partial charge is 0.481 e. The molecular weight excluding hydrogens is 168 g/mol. The summed E-state index contributed by atoms with van der Waals surface area (Å²) in [6.07, 6.45) is -0.0622. The second kappa shape index (κ2) is 6.11. The van der Waals surface area contributed by atoms with Gasteiger partial charge in [0.1, 0.15) is 0 Å². The average Bonchev–Trinajstić information content (AvgIpc) is 2.12. The van der Waals surface area contributed by atoms with Gasteiger partial charge in [-0.15, -0.1) is 0 Å². The van der Waals surface area contributed by atoms with Crippen LogP contribution in [-0.2, 0) is 11.2 Å². The third-order valence-corrected chi connectivity index (χ3v) is 1.19. The highest BCUT2D eigenvalue weighted by Crippen LogP contribution is 1.95. The Kier molecular flexibility index (Phi) is 5.43. The van der Waals surface area contributed by atoms with E-state index >= 15 is 0 Å². The number of carbonyl (C=O) groups is 1. The Morgan fingerprint density at radius 1 is 1.38 bits per heavy atom. The zero-order valence-electron chi connectivity index (χ0n) is 8.11. The molecule has 0 aliphatic carbocycles. The van der Waals surface area contributed by atoms with Gasteiger partial charge >= 0.3 is 5.97 Å².